The molecule has 1 aliphatic rings. The molecule has 2 aromatic rings. The van der Waals surface area contributed by atoms with Crippen LogP contribution in [0.2, 0.25) is 5.15 Å². The molecule has 0 N–H and O–H groups in total. The Kier molecular flexibility index (Phi) is 4.71. The van der Waals surface area contributed by atoms with E-state index in [1.165, 1.54) is 0 Å². The summed E-state index contributed by atoms with van der Waals surface area (Å²) in [5.74, 6) is 0. The molecule has 0 bridgehead atoms. The fourth-order valence-electron chi connectivity index (χ4n) is 2.15. The van der Waals surface area contributed by atoms with Crippen LogP contribution in [0.3, 0.4) is 0 Å². The maximum Gasteiger partial charge on any atom is 0.181 e. The maximum absolute atomic E-state index is 5.88. The summed E-state index contributed by atoms with van der Waals surface area (Å²) in [6.07, 6.45) is 4.74. The van der Waals surface area contributed by atoms with E-state index in [1.54, 1.807) is 6.20 Å². The van der Waals surface area contributed by atoms with Crippen molar-refractivity contribution >= 4 is 22.8 Å². The van der Waals surface area contributed by atoms with Crippen LogP contribution in [0.4, 0.5) is 0 Å². The molecule has 1 fully saturated rings. The molecule has 104 valence electrons. The summed E-state index contributed by atoms with van der Waals surface area (Å²) in [5, 5.41) is 4.85. The fourth-order valence-corrected chi connectivity index (χ4v) is 2.28. The zero-order valence-electron chi connectivity index (χ0n) is 11.6. The van der Waals surface area contributed by atoms with Gasteiger partial charge in [-0.05, 0) is 26.2 Å². The van der Waals surface area contributed by atoms with Crippen molar-refractivity contribution in [2.45, 2.75) is 46.3 Å². The molecule has 1 atom stereocenters. The van der Waals surface area contributed by atoms with Crippen LogP contribution in [0, 0.1) is 6.92 Å². The summed E-state index contributed by atoms with van der Waals surface area (Å²) in [6.45, 7) is 6.70. The molecule has 2 aromatic heterocycles. The van der Waals surface area contributed by atoms with Crippen molar-refractivity contribution in [1.29, 1.82) is 0 Å². The molecule has 0 saturated carbocycles. The predicted octanol–water partition coefficient (Wildman–Crippen LogP) is 3.51. The Bertz CT molecular complexity index is 549. The summed E-state index contributed by atoms with van der Waals surface area (Å²) >= 11 is 5.88. The van der Waals surface area contributed by atoms with Gasteiger partial charge in [0.15, 0.2) is 11.9 Å². The van der Waals surface area contributed by atoms with Gasteiger partial charge in [-0.1, -0.05) is 25.4 Å². The first-order valence-electron chi connectivity index (χ1n) is 6.74. The Balaban J connectivity index is 0.000000637. The second-order valence-electron chi connectivity index (χ2n) is 4.22. The van der Waals surface area contributed by atoms with Gasteiger partial charge in [-0.3, -0.25) is 0 Å². The molecular weight excluding hydrogens is 264 g/mol. The molecule has 0 aromatic carbocycles. The SMILES string of the molecule is CC.Cc1nn(C2CCCCO2)c2nc(Cl)cnc12. The number of ether oxygens (including phenoxy) is 1. The second kappa shape index (κ2) is 6.30. The molecule has 0 amide bonds. The maximum atomic E-state index is 5.88. The number of hydrogen-bond acceptors (Lipinski definition) is 4. The van der Waals surface area contributed by atoms with Gasteiger partial charge in [0.25, 0.3) is 0 Å². The van der Waals surface area contributed by atoms with Gasteiger partial charge in [-0.2, -0.15) is 5.10 Å². The van der Waals surface area contributed by atoms with Gasteiger partial charge in [0.05, 0.1) is 11.9 Å². The first-order valence-corrected chi connectivity index (χ1v) is 7.12. The van der Waals surface area contributed by atoms with Crippen molar-refractivity contribution in [3.05, 3.63) is 17.0 Å². The highest BCUT2D eigenvalue weighted by molar-refractivity contribution is 6.29. The first-order chi connectivity index (χ1) is 9.25. The second-order valence-corrected chi connectivity index (χ2v) is 4.60. The highest BCUT2D eigenvalue weighted by Crippen LogP contribution is 2.26. The minimum Gasteiger partial charge on any atom is -0.356 e. The molecule has 1 saturated heterocycles. The molecule has 6 heteroatoms. The van der Waals surface area contributed by atoms with Crippen LogP contribution in [0.15, 0.2) is 6.20 Å². The van der Waals surface area contributed by atoms with Gasteiger partial charge in [-0.25, -0.2) is 14.6 Å². The lowest BCUT2D eigenvalue weighted by molar-refractivity contribution is -0.0371. The van der Waals surface area contributed by atoms with Crippen LogP contribution in [0.25, 0.3) is 11.2 Å². The quantitative estimate of drug-likeness (QED) is 0.803. The number of rotatable bonds is 1. The third-order valence-electron chi connectivity index (χ3n) is 2.97. The molecule has 3 heterocycles. The molecule has 5 nitrogen and oxygen atoms in total. The third-order valence-corrected chi connectivity index (χ3v) is 3.15. The number of aryl methyl sites for hydroxylation is 1. The van der Waals surface area contributed by atoms with Crippen LogP contribution in [-0.2, 0) is 4.74 Å². The van der Waals surface area contributed by atoms with Crippen LogP contribution in [0.1, 0.15) is 45.0 Å². The van der Waals surface area contributed by atoms with Gasteiger partial charge < -0.3 is 4.74 Å². The van der Waals surface area contributed by atoms with Gasteiger partial charge in [0.2, 0.25) is 0 Å². The Morgan fingerprint density at radius 1 is 1.37 bits per heavy atom. The number of halogens is 1. The predicted molar refractivity (Wildman–Crippen MR) is 75.3 cm³/mol. The lowest BCUT2D eigenvalue weighted by atomic mass is 10.2. The lowest BCUT2D eigenvalue weighted by Gasteiger charge is -2.22. The molecular formula is C13H19ClN4O. The van der Waals surface area contributed by atoms with E-state index in [0.717, 1.165) is 37.1 Å². The summed E-state index contributed by atoms with van der Waals surface area (Å²) in [6, 6.07) is 0. The number of hydrogen-bond donors (Lipinski definition) is 0. The number of aromatic nitrogens is 4. The Morgan fingerprint density at radius 3 is 2.84 bits per heavy atom. The average molecular weight is 283 g/mol. The lowest BCUT2D eigenvalue weighted by Crippen LogP contribution is -2.19. The zero-order valence-corrected chi connectivity index (χ0v) is 12.3. The van der Waals surface area contributed by atoms with E-state index in [2.05, 4.69) is 15.1 Å². The molecule has 1 unspecified atom stereocenters. The standard InChI is InChI=1S/C11H13ClN4O.C2H6/c1-7-10-11(14-8(12)6-13-10)16(15-7)9-4-2-3-5-17-9;1-2/h6,9H,2-5H2,1H3;1-2H3. The smallest absolute Gasteiger partial charge is 0.181 e. The minimum atomic E-state index is -0.0345. The van der Waals surface area contributed by atoms with Crippen molar-refractivity contribution in [3.63, 3.8) is 0 Å². The highest BCUT2D eigenvalue weighted by atomic mass is 35.5. The average Bonchev–Trinajstić information content (AvgIpc) is 2.79. The van der Waals surface area contributed by atoms with Crippen molar-refractivity contribution in [3.8, 4) is 0 Å². The Labute approximate surface area is 117 Å². The van der Waals surface area contributed by atoms with E-state index < -0.39 is 0 Å². The normalized spacial score (nSPS) is 19.1. The number of nitrogens with zero attached hydrogens (tertiary/aromatic N) is 4. The third kappa shape index (κ3) is 2.87. The Hall–Kier alpha value is -1.20. The van der Waals surface area contributed by atoms with Gasteiger partial charge in [0, 0.05) is 6.61 Å². The summed E-state index contributed by atoms with van der Waals surface area (Å²) in [7, 11) is 0. The molecule has 1 aliphatic heterocycles. The fraction of sp³-hybridized carbons (Fsp3) is 0.615. The largest absolute Gasteiger partial charge is 0.356 e. The molecule has 0 aliphatic carbocycles. The molecule has 3 rings (SSSR count). The summed E-state index contributed by atoms with van der Waals surface area (Å²) < 4.78 is 7.52. The van der Waals surface area contributed by atoms with Crippen molar-refractivity contribution in [2.24, 2.45) is 0 Å². The Morgan fingerprint density at radius 2 is 2.16 bits per heavy atom. The van der Waals surface area contributed by atoms with Crippen LogP contribution in [-0.4, -0.2) is 26.4 Å². The molecule has 19 heavy (non-hydrogen) atoms. The van der Waals surface area contributed by atoms with E-state index in [9.17, 15) is 0 Å². The summed E-state index contributed by atoms with van der Waals surface area (Å²) in [4.78, 5) is 8.56. The topological polar surface area (TPSA) is 52.8 Å². The van der Waals surface area contributed by atoms with E-state index in [-0.39, 0.29) is 6.23 Å². The summed E-state index contributed by atoms with van der Waals surface area (Å²) in [5.41, 5.74) is 2.36. The van der Waals surface area contributed by atoms with Crippen molar-refractivity contribution in [1.82, 2.24) is 19.7 Å². The highest BCUT2D eigenvalue weighted by Gasteiger charge is 2.21. The van der Waals surface area contributed by atoms with Crippen LogP contribution < -0.4 is 0 Å². The van der Waals surface area contributed by atoms with E-state index >= 15 is 0 Å². The van der Waals surface area contributed by atoms with Crippen molar-refractivity contribution < 1.29 is 4.74 Å². The monoisotopic (exact) mass is 282 g/mol. The molecule has 0 spiro atoms. The van der Waals surface area contributed by atoms with Gasteiger partial charge >= 0.3 is 0 Å². The molecule has 0 radical (unpaired) electrons. The van der Waals surface area contributed by atoms with Gasteiger partial charge in [-0.15, -0.1) is 0 Å². The van der Waals surface area contributed by atoms with E-state index in [1.807, 2.05) is 25.5 Å². The minimum absolute atomic E-state index is 0.0345. The van der Waals surface area contributed by atoms with Crippen molar-refractivity contribution in [2.75, 3.05) is 6.61 Å². The van der Waals surface area contributed by atoms with E-state index in [4.69, 9.17) is 16.3 Å². The first kappa shape index (κ1) is 14.2. The zero-order chi connectivity index (χ0) is 13.8. The van der Waals surface area contributed by atoms with Crippen LogP contribution >= 0.6 is 11.6 Å². The van der Waals surface area contributed by atoms with E-state index in [0.29, 0.717) is 10.8 Å². The van der Waals surface area contributed by atoms with Gasteiger partial charge in [0.1, 0.15) is 10.7 Å². The van der Waals surface area contributed by atoms with Crippen LogP contribution in [0.5, 0.6) is 0 Å². The number of fused-ring (bicyclic) bond motifs is 1.